The Morgan fingerprint density at radius 2 is 1.56 bits per heavy atom. The molecule has 0 saturated heterocycles. The van der Waals surface area contributed by atoms with Crippen LogP contribution in [-0.2, 0) is 22.3 Å². The number of esters is 1. The van der Waals surface area contributed by atoms with E-state index in [-0.39, 0.29) is 24.2 Å². The van der Waals surface area contributed by atoms with Crippen LogP contribution in [0.15, 0.2) is 60.7 Å². The van der Waals surface area contributed by atoms with Crippen molar-refractivity contribution in [3.05, 3.63) is 77.4 Å². The van der Waals surface area contributed by atoms with Crippen LogP contribution in [0, 0.1) is 23.2 Å². The monoisotopic (exact) mass is 565 g/mol. The fourth-order valence-corrected chi connectivity index (χ4v) is 7.95. The molecule has 7 rings (SSSR count). The van der Waals surface area contributed by atoms with Crippen LogP contribution in [0.3, 0.4) is 0 Å². The molecule has 1 amide bonds. The molecule has 0 aromatic heterocycles. The van der Waals surface area contributed by atoms with Gasteiger partial charge in [0.2, 0.25) is 0 Å². The Labute approximate surface area is 237 Å². The fourth-order valence-electron chi connectivity index (χ4n) is 7.95. The summed E-state index contributed by atoms with van der Waals surface area (Å²) in [5.41, 5.74) is -0.236. The topological polar surface area (TPSA) is 64.6 Å². The maximum absolute atomic E-state index is 14.0. The van der Waals surface area contributed by atoms with Crippen molar-refractivity contribution in [3.63, 3.8) is 0 Å². The smallest absolute Gasteiger partial charge is 0.416 e. The first-order valence-electron chi connectivity index (χ1n) is 14.4. The maximum Gasteiger partial charge on any atom is 0.416 e. The van der Waals surface area contributed by atoms with Crippen molar-refractivity contribution in [1.29, 1.82) is 0 Å². The van der Waals surface area contributed by atoms with Gasteiger partial charge in [0, 0.05) is 10.8 Å². The van der Waals surface area contributed by atoms with E-state index in [0.29, 0.717) is 34.5 Å². The number of hydrogen-bond donors (Lipinski definition) is 1. The molecule has 3 aromatic rings. The van der Waals surface area contributed by atoms with Gasteiger partial charge in [0.1, 0.15) is 18.4 Å². The third-order valence-electron chi connectivity index (χ3n) is 9.28. The van der Waals surface area contributed by atoms with Gasteiger partial charge in [0.15, 0.2) is 0 Å². The van der Waals surface area contributed by atoms with E-state index in [9.17, 15) is 22.8 Å². The third kappa shape index (κ3) is 5.41. The molecule has 5 nitrogen and oxygen atoms in total. The van der Waals surface area contributed by atoms with Gasteiger partial charge in [-0.1, -0.05) is 42.5 Å². The Bertz CT molecular complexity index is 1410. The molecule has 8 heteroatoms. The first-order valence-corrected chi connectivity index (χ1v) is 14.4. The summed E-state index contributed by atoms with van der Waals surface area (Å²) in [5.74, 6) is 1.26. The molecule has 41 heavy (non-hydrogen) atoms. The summed E-state index contributed by atoms with van der Waals surface area (Å²) in [4.78, 5) is 27.3. The lowest BCUT2D eigenvalue weighted by molar-refractivity contribution is -0.156. The first-order chi connectivity index (χ1) is 19.6. The van der Waals surface area contributed by atoms with E-state index >= 15 is 0 Å². The van der Waals surface area contributed by atoms with Gasteiger partial charge in [-0.2, -0.15) is 13.2 Å². The summed E-state index contributed by atoms with van der Waals surface area (Å²) in [6.45, 7) is 1.98. The summed E-state index contributed by atoms with van der Waals surface area (Å²) in [7, 11) is 0. The van der Waals surface area contributed by atoms with Crippen LogP contribution in [0.25, 0.3) is 10.8 Å². The zero-order chi connectivity index (χ0) is 28.8. The van der Waals surface area contributed by atoms with Gasteiger partial charge >= 0.3 is 12.1 Å². The van der Waals surface area contributed by atoms with E-state index in [1.165, 1.54) is 31.4 Å². The molecule has 1 atom stereocenters. The lowest BCUT2D eigenvalue weighted by Gasteiger charge is -2.58. The van der Waals surface area contributed by atoms with Crippen molar-refractivity contribution in [2.24, 2.45) is 23.2 Å². The maximum atomic E-state index is 14.0. The normalized spacial score (nSPS) is 25.6. The number of carbonyl (C=O) groups excluding carboxylic acids is 2. The minimum Gasteiger partial charge on any atom is -0.487 e. The highest BCUT2D eigenvalue weighted by Crippen LogP contribution is 2.61. The van der Waals surface area contributed by atoms with E-state index in [1.807, 2.05) is 30.3 Å². The van der Waals surface area contributed by atoms with E-state index in [1.54, 1.807) is 13.0 Å². The van der Waals surface area contributed by atoms with Crippen LogP contribution < -0.4 is 10.1 Å². The number of benzene rings is 3. The number of amides is 1. The second-order valence-electron chi connectivity index (χ2n) is 12.1. The van der Waals surface area contributed by atoms with Gasteiger partial charge < -0.3 is 14.8 Å². The van der Waals surface area contributed by atoms with Crippen LogP contribution in [0.2, 0.25) is 0 Å². The van der Waals surface area contributed by atoms with Gasteiger partial charge in [0.05, 0.1) is 17.7 Å². The second kappa shape index (κ2) is 10.7. The number of halogens is 3. The summed E-state index contributed by atoms with van der Waals surface area (Å²) in [5, 5.41) is 4.64. The molecule has 0 unspecified atom stereocenters. The lowest BCUT2D eigenvalue weighted by Crippen LogP contribution is -2.60. The van der Waals surface area contributed by atoms with Gasteiger partial charge in [-0.25, -0.2) is 4.79 Å². The van der Waals surface area contributed by atoms with E-state index in [0.717, 1.165) is 36.8 Å². The molecule has 4 fully saturated rings. The Morgan fingerprint density at radius 1 is 0.927 bits per heavy atom. The van der Waals surface area contributed by atoms with Crippen molar-refractivity contribution in [2.75, 3.05) is 6.61 Å². The molecule has 4 aliphatic carbocycles. The summed E-state index contributed by atoms with van der Waals surface area (Å²) in [6.07, 6.45) is 1.93. The van der Waals surface area contributed by atoms with Crippen molar-refractivity contribution < 1.29 is 32.2 Å². The molecule has 0 heterocycles. The molecular weight excluding hydrogens is 531 g/mol. The zero-order valence-corrected chi connectivity index (χ0v) is 23.0. The minimum absolute atomic E-state index is 0.0251. The minimum atomic E-state index is -4.42. The van der Waals surface area contributed by atoms with Crippen molar-refractivity contribution in [2.45, 2.75) is 64.3 Å². The largest absolute Gasteiger partial charge is 0.487 e. The number of alkyl halides is 3. The Hall–Kier alpha value is -3.55. The average Bonchev–Trinajstić information content (AvgIpc) is 2.93. The van der Waals surface area contributed by atoms with Crippen molar-refractivity contribution in [1.82, 2.24) is 5.32 Å². The zero-order valence-electron chi connectivity index (χ0n) is 23.0. The van der Waals surface area contributed by atoms with Crippen LogP contribution in [-0.4, -0.2) is 24.5 Å². The summed E-state index contributed by atoms with van der Waals surface area (Å²) >= 11 is 0. The van der Waals surface area contributed by atoms with Gasteiger partial charge in [-0.3, -0.25) is 4.79 Å². The quantitative estimate of drug-likeness (QED) is 0.291. The third-order valence-corrected chi connectivity index (χ3v) is 9.28. The van der Waals surface area contributed by atoms with Gasteiger partial charge in [-0.05, 0) is 92.4 Å². The predicted molar refractivity (Wildman–Crippen MR) is 148 cm³/mol. The number of ether oxygens (including phenoxy) is 2. The Kier molecular flexibility index (Phi) is 7.20. The number of nitrogens with one attached hydrogen (secondary N) is 1. The molecule has 4 bridgehead atoms. The summed E-state index contributed by atoms with van der Waals surface area (Å²) < 4.78 is 50.7. The number of carbonyl (C=O) groups is 2. The predicted octanol–water partition coefficient (Wildman–Crippen LogP) is 7.32. The number of hydrogen-bond acceptors (Lipinski definition) is 4. The van der Waals surface area contributed by atoms with E-state index in [2.05, 4.69) is 5.32 Å². The highest BCUT2D eigenvalue weighted by molar-refractivity contribution is 6.05. The highest BCUT2D eigenvalue weighted by atomic mass is 19.4. The van der Waals surface area contributed by atoms with Crippen LogP contribution in [0.5, 0.6) is 5.75 Å². The number of fused-ring (bicyclic) bond motifs is 1. The van der Waals surface area contributed by atoms with Crippen LogP contribution >= 0.6 is 0 Å². The average molecular weight is 566 g/mol. The first kappa shape index (κ1) is 27.6. The van der Waals surface area contributed by atoms with Gasteiger partial charge in [-0.15, -0.1) is 0 Å². The molecular formula is C33H34F3NO4. The molecule has 0 spiro atoms. The van der Waals surface area contributed by atoms with Gasteiger partial charge in [0.25, 0.3) is 5.91 Å². The SMILES string of the molecule is CCOC(=O)[C@@H](NC(=O)c1ccc2ccccc2c1OCc1ccc(C(F)(F)F)cc1)C12CC3CC(CC(C3)C1)C2. The molecule has 0 aliphatic heterocycles. The molecule has 216 valence electrons. The molecule has 1 N–H and O–H groups in total. The van der Waals surface area contributed by atoms with E-state index < -0.39 is 29.7 Å². The van der Waals surface area contributed by atoms with E-state index in [4.69, 9.17) is 9.47 Å². The number of rotatable bonds is 8. The van der Waals surface area contributed by atoms with Crippen LogP contribution in [0.1, 0.15) is 66.9 Å². The highest BCUT2D eigenvalue weighted by Gasteiger charge is 2.57. The van der Waals surface area contributed by atoms with Crippen molar-refractivity contribution >= 4 is 22.6 Å². The second-order valence-corrected chi connectivity index (χ2v) is 12.1. The Morgan fingerprint density at radius 3 is 2.17 bits per heavy atom. The van der Waals surface area contributed by atoms with Crippen molar-refractivity contribution in [3.8, 4) is 5.75 Å². The molecule has 0 radical (unpaired) electrons. The fraction of sp³-hybridized carbons (Fsp3) is 0.455. The van der Waals surface area contributed by atoms with Crippen LogP contribution in [0.4, 0.5) is 13.2 Å². The summed E-state index contributed by atoms with van der Waals surface area (Å²) in [6, 6.07) is 15.0. The molecule has 3 aromatic carbocycles. The lowest BCUT2D eigenvalue weighted by atomic mass is 9.47. The standard InChI is InChI=1S/C33H34F3NO4/c1-2-40-31(39)29(32-16-21-13-22(17-32)15-23(14-21)18-32)37-30(38)27-12-9-24-5-3-4-6-26(24)28(27)41-19-20-7-10-25(11-8-20)33(34,35)36/h3-12,21-23,29H,2,13-19H2,1H3,(H,37,38)/t21?,22?,23?,29-,32?/m1/s1. The molecule has 4 aliphatic rings. The molecule has 4 saturated carbocycles. The Balaban J connectivity index is 1.30.